The van der Waals surface area contributed by atoms with E-state index < -0.39 is 0 Å². The highest BCUT2D eigenvalue weighted by Crippen LogP contribution is 2.33. The second-order valence-corrected chi connectivity index (χ2v) is 6.64. The fraction of sp³-hybridized carbons (Fsp3) is 0.444. The molecule has 126 valence electrons. The standard InChI is InChI=1S/C18H21FN4O/c1-21-12-14(11-20-21)18(24)22-7-5-16(6-8-22)23-9-4-13-10-15(19)2-3-17(13)23/h2-3,10-12,16H,4-9H2,1H3. The molecule has 0 bridgehead atoms. The maximum absolute atomic E-state index is 13.4. The maximum Gasteiger partial charge on any atom is 0.257 e. The minimum atomic E-state index is -0.160. The molecule has 2 aliphatic heterocycles. The van der Waals surface area contributed by atoms with Gasteiger partial charge in [0.25, 0.3) is 5.91 Å². The minimum Gasteiger partial charge on any atom is -0.368 e. The Morgan fingerprint density at radius 2 is 2.04 bits per heavy atom. The molecule has 0 aliphatic carbocycles. The number of carbonyl (C=O) groups excluding carboxylic acids is 1. The quantitative estimate of drug-likeness (QED) is 0.849. The summed E-state index contributed by atoms with van der Waals surface area (Å²) in [4.78, 5) is 16.8. The van der Waals surface area contributed by atoms with E-state index in [-0.39, 0.29) is 11.7 Å². The summed E-state index contributed by atoms with van der Waals surface area (Å²) in [5.41, 5.74) is 2.91. The zero-order valence-electron chi connectivity index (χ0n) is 13.8. The summed E-state index contributed by atoms with van der Waals surface area (Å²) in [5, 5.41) is 4.07. The Bertz CT molecular complexity index is 764. The van der Waals surface area contributed by atoms with Gasteiger partial charge < -0.3 is 9.80 Å². The molecule has 0 spiro atoms. The second-order valence-electron chi connectivity index (χ2n) is 6.64. The van der Waals surface area contributed by atoms with Crippen LogP contribution in [0, 0.1) is 5.82 Å². The molecule has 3 heterocycles. The number of rotatable bonds is 2. The highest BCUT2D eigenvalue weighted by molar-refractivity contribution is 5.93. The molecule has 5 nitrogen and oxygen atoms in total. The van der Waals surface area contributed by atoms with E-state index >= 15 is 0 Å². The van der Waals surface area contributed by atoms with Gasteiger partial charge in [-0.2, -0.15) is 5.10 Å². The molecular weight excluding hydrogens is 307 g/mol. The number of carbonyl (C=O) groups is 1. The molecule has 4 rings (SSSR count). The normalized spacial score (nSPS) is 18.1. The first-order valence-corrected chi connectivity index (χ1v) is 8.45. The predicted octanol–water partition coefficient (Wildman–Crippen LogP) is 2.23. The molecule has 2 aromatic rings. The molecule has 2 aliphatic rings. The number of fused-ring (bicyclic) bond motifs is 1. The average Bonchev–Trinajstić information content (AvgIpc) is 3.20. The van der Waals surface area contributed by atoms with Gasteiger partial charge in [0.15, 0.2) is 0 Å². The molecule has 0 N–H and O–H groups in total. The van der Waals surface area contributed by atoms with Crippen molar-refractivity contribution in [2.24, 2.45) is 7.05 Å². The monoisotopic (exact) mass is 328 g/mol. The summed E-state index contributed by atoms with van der Waals surface area (Å²) in [6.45, 7) is 2.46. The van der Waals surface area contributed by atoms with Crippen molar-refractivity contribution in [2.45, 2.75) is 25.3 Å². The fourth-order valence-corrected chi connectivity index (χ4v) is 3.87. The largest absolute Gasteiger partial charge is 0.368 e. The van der Waals surface area contributed by atoms with E-state index in [1.165, 1.54) is 6.07 Å². The molecule has 24 heavy (non-hydrogen) atoms. The third-order valence-electron chi connectivity index (χ3n) is 5.12. The molecule has 0 unspecified atom stereocenters. The fourth-order valence-electron chi connectivity index (χ4n) is 3.87. The van der Waals surface area contributed by atoms with E-state index in [0.29, 0.717) is 11.6 Å². The smallest absolute Gasteiger partial charge is 0.257 e. The average molecular weight is 328 g/mol. The summed E-state index contributed by atoms with van der Waals surface area (Å²) in [5.74, 6) is -0.0991. The van der Waals surface area contributed by atoms with Crippen LogP contribution in [-0.4, -0.2) is 46.3 Å². The molecule has 0 atom stereocenters. The molecular formula is C18H21FN4O. The van der Waals surface area contributed by atoms with Crippen molar-refractivity contribution < 1.29 is 9.18 Å². The third kappa shape index (κ3) is 2.66. The Labute approximate surface area is 140 Å². The molecule has 6 heteroatoms. The van der Waals surface area contributed by atoms with Crippen LogP contribution in [-0.2, 0) is 13.5 Å². The van der Waals surface area contributed by atoms with E-state index in [1.54, 1.807) is 23.1 Å². The van der Waals surface area contributed by atoms with Crippen LogP contribution < -0.4 is 4.90 Å². The van der Waals surface area contributed by atoms with Crippen molar-refractivity contribution in [3.8, 4) is 0 Å². The van der Waals surface area contributed by atoms with Crippen molar-refractivity contribution in [3.63, 3.8) is 0 Å². The number of likely N-dealkylation sites (tertiary alicyclic amines) is 1. The first-order valence-electron chi connectivity index (χ1n) is 8.45. The van der Waals surface area contributed by atoms with E-state index in [2.05, 4.69) is 10.00 Å². The van der Waals surface area contributed by atoms with Crippen LogP contribution in [0.5, 0.6) is 0 Å². The third-order valence-corrected chi connectivity index (χ3v) is 5.12. The number of anilines is 1. The van der Waals surface area contributed by atoms with Crippen LogP contribution in [0.25, 0.3) is 0 Å². The number of piperidine rings is 1. The number of nitrogens with zero attached hydrogens (tertiary/aromatic N) is 4. The highest BCUT2D eigenvalue weighted by atomic mass is 19.1. The zero-order chi connectivity index (χ0) is 16.7. The maximum atomic E-state index is 13.4. The van der Waals surface area contributed by atoms with E-state index in [9.17, 15) is 9.18 Å². The van der Waals surface area contributed by atoms with E-state index in [1.807, 2.05) is 18.0 Å². The van der Waals surface area contributed by atoms with Crippen LogP contribution in [0.1, 0.15) is 28.8 Å². The number of amides is 1. The Hall–Kier alpha value is -2.37. The van der Waals surface area contributed by atoms with Crippen molar-refractivity contribution in [1.29, 1.82) is 0 Å². The molecule has 1 aromatic heterocycles. The number of benzene rings is 1. The topological polar surface area (TPSA) is 41.4 Å². The van der Waals surface area contributed by atoms with Crippen LogP contribution in [0.15, 0.2) is 30.6 Å². The first-order chi connectivity index (χ1) is 11.6. The second kappa shape index (κ2) is 5.92. The molecule has 1 saturated heterocycles. The van der Waals surface area contributed by atoms with Gasteiger partial charge in [0.2, 0.25) is 0 Å². The predicted molar refractivity (Wildman–Crippen MR) is 89.6 cm³/mol. The highest BCUT2D eigenvalue weighted by Gasteiger charge is 2.31. The van der Waals surface area contributed by atoms with Crippen molar-refractivity contribution in [2.75, 3.05) is 24.5 Å². The first kappa shape index (κ1) is 15.2. The lowest BCUT2D eigenvalue weighted by Crippen LogP contribution is -2.46. The summed E-state index contributed by atoms with van der Waals surface area (Å²) in [6, 6.07) is 5.51. The Morgan fingerprint density at radius 1 is 1.25 bits per heavy atom. The lowest BCUT2D eigenvalue weighted by atomic mass is 10.0. The van der Waals surface area contributed by atoms with E-state index in [0.717, 1.165) is 50.1 Å². The number of halogens is 1. The van der Waals surface area contributed by atoms with Crippen LogP contribution in [0.3, 0.4) is 0 Å². The van der Waals surface area contributed by atoms with Crippen molar-refractivity contribution in [1.82, 2.24) is 14.7 Å². The van der Waals surface area contributed by atoms with Gasteiger partial charge in [-0.05, 0) is 43.0 Å². The van der Waals surface area contributed by atoms with Crippen molar-refractivity contribution in [3.05, 3.63) is 47.5 Å². The molecule has 1 fully saturated rings. The van der Waals surface area contributed by atoms with Gasteiger partial charge in [0.05, 0.1) is 11.8 Å². The van der Waals surface area contributed by atoms with Gasteiger partial charge in [-0.15, -0.1) is 0 Å². The number of aromatic nitrogens is 2. The molecule has 0 saturated carbocycles. The van der Waals surface area contributed by atoms with Gasteiger partial charge in [-0.25, -0.2) is 4.39 Å². The van der Waals surface area contributed by atoms with Crippen molar-refractivity contribution >= 4 is 11.6 Å². The van der Waals surface area contributed by atoms with Gasteiger partial charge in [-0.1, -0.05) is 0 Å². The molecule has 0 radical (unpaired) electrons. The van der Waals surface area contributed by atoms with Gasteiger partial charge >= 0.3 is 0 Å². The Kier molecular flexibility index (Phi) is 3.75. The summed E-state index contributed by atoms with van der Waals surface area (Å²) in [7, 11) is 1.82. The van der Waals surface area contributed by atoms with Gasteiger partial charge in [0.1, 0.15) is 5.82 Å². The summed E-state index contributed by atoms with van der Waals surface area (Å²) in [6.07, 6.45) is 6.19. The van der Waals surface area contributed by atoms with Crippen LogP contribution in [0.2, 0.25) is 0 Å². The summed E-state index contributed by atoms with van der Waals surface area (Å²) < 4.78 is 15.0. The van der Waals surface area contributed by atoms with Crippen LogP contribution >= 0.6 is 0 Å². The Balaban J connectivity index is 1.41. The van der Waals surface area contributed by atoms with Gasteiger partial charge in [0, 0.05) is 44.6 Å². The van der Waals surface area contributed by atoms with Gasteiger partial charge in [-0.3, -0.25) is 9.48 Å². The summed E-state index contributed by atoms with van der Waals surface area (Å²) >= 11 is 0. The minimum absolute atomic E-state index is 0.0606. The SMILES string of the molecule is Cn1cc(C(=O)N2CCC(N3CCc4cc(F)ccc43)CC2)cn1. The molecule has 1 amide bonds. The molecule has 1 aromatic carbocycles. The lowest BCUT2D eigenvalue weighted by Gasteiger charge is -2.38. The number of hydrogen-bond acceptors (Lipinski definition) is 3. The van der Waals surface area contributed by atoms with E-state index in [4.69, 9.17) is 0 Å². The number of aryl methyl sites for hydroxylation is 1. The Morgan fingerprint density at radius 3 is 2.75 bits per heavy atom. The lowest BCUT2D eigenvalue weighted by molar-refractivity contribution is 0.0712. The van der Waals surface area contributed by atoms with Crippen LogP contribution in [0.4, 0.5) is 10.1 Å². The zero-order valence-corrected chi connectivity index (χ0v) is 13.8. The number of hydrogen-bond donors (Lipinski definition) is 0.